The molecule has 1 N–H and O–H groups in total. The summed E-state index contributed by atoms with van der Waals surface area (Å²) in [4.78, 5) is 8.85. The van der Waals surface area contributed by atoms with Gasteiger partial charge in [-0.3, -0.25) is 9.67 Å². The molecule has 0 fully saturated rings. The quantitative estimate of drug-likeness (QED) is 0.702. The minimum Gasteiger partial charge on any atom is -0.335 e. The van der Waals surface area contributed by atoms with Gasteiger partial charge in [-0.15, -0.1) is 0 Å². The van der Waals surface area contributed by atoms with Crippen LogP contribution in [0.15, 0.2) is 36.9 Å². The Morgan fingerprint density at radius 1 is 1.16 bits per heavy atom. The molecule has 0 radical (unpaired) electrons. The Morgan fingerprint density at radius 3 is 2.88 bits per heavy atom. The summed E-state index contributed by atoms with van der Waals surface area (Å²) in [5, 5.41) is 8.13. The zero-order valence-corrected chi connectivity index (χ0v) is 14.6. The van der Waals surface area contributed by atoms with Crippen LogP contribution in [0.25, 0.3) is 11.3 Å². The van der Waals surface area contributed by atoms with Crippen LogP contribution in [0.1, 0.15) is 29.9 Å². The molecular formula is C19H24N6. The third-order valence-electron chi connectivity index (χ3n) is 4.69. The van der Waals surface area contributed by atoms with Crippen LogP contribution < -0.4 is 5.32 Å². The number of hydrogen-bond donors (Lipinski definition) is 1. The first-order chi connectivity index (χ1) is 12.3. The lowest BCUT2D eigenvalue weighted by molar-refractivity contribution is 0.522. The second-order valence-corrected chi connectivity index (χ2v) is 6.64. The topological polar surface area (TPSA) is 60.6 Å². The van der Waals surface area contributed by atoms with Crippen molar-refractivity contribution in [3.63, 3.8) is 0 Å². The van der Waals surface area contributed by atoms with Crippen LogP contribution in [0.2, 0.25) is 0 Å². The van der Waals surface area contributed by atoms with Crippen LogP contribution in [0, 0.1) is 0 Å². The smallest absolute Gasteiger partial charge is 0.108 e. The molecule has 0 saturated heterocycles. The van der Waals surface area contributed by atoms with Crippen molar-refractivity contribution in [2.45, 2.75) is 38.8 Å². The van der Waals surface area contributed by atoms with Gasteiger partial charge in [0.15, 0.2) is 0 Å². The van der Waals surface area contributed by atoms with E-state index in [1.165, 1.54) is 29.9 Å². The first kappa shape index (κ1) is 16.0. The Hall–Kier alpha value is -2.47. The van der Waals surface area contributed by atoms with Crippen molar-refractivity contribution >= 4 is 0 Å². The van der Waals surface area contributed by atoms with Crippen molar-refractivity contribution in [3.05, 3.63) is 54.0 Å². The Morgan fingerprint density at radius 2 is 2.04 bits per heavy atom. The number of aryl methyl sites for hydroxylation is 3. The molecule has 3 aromatic heterocycles. The number of nitrogens with one attached hydrogen (secondary N) is 1. The van der Waals surface area contributed by atoms with E-state index in [-0.39, 0.29) is 0 Å². The number of imidazole rings is 1. The third kappa shape index (κ3) is 3.64. The summed E-state index contributed by atoms with van der Waals surface area (Å²) >= 11 is 0. The summed E-state index contributed by atoms with van der Waals surface area (Å²) in [6.07, 6.45) is 12.6. The lowest BCUT2D eigenvalue weighted by atomic mass is 10.1. The van der Waals surface area contributed by atoms with Crippen molar-refractivity contribution in [3.8, 4) is 11.3 Å². The van der Waals surface area contributed by atoms with Crippen molar-refractivity contribution < 1.29 is 0 Å². The standard InChI is InChI=1S/C19H24N6/c1-24-13-16(19(23-24)15-5-8-20-9-6-15)12-21-10-7-17-14-25-11-3-2-4-18(25)22-17/h5-6,8-9,13-14,21H,2-4,7,10-12H2,1H3. The Labute approximate surface area is 147 Å². The number of rotatable bonds is 6. The van der Waals surface area contributed by atoms with E-state index in [4.69, 9.17) is 4.98 Å². The molecule has 4 heterocycles. The highest BCUT2D eigenvalue weighted by atomic mass is 15.3. The highest BCUT2D eigenvalue weighted by Crippen LogP contribution is 2.21. The summed E-state index contributed by atoms with van der Waals surface area (Å²) in [5.74, 6) is 1.26. The molecule has 0 saturated carbocycles. The molecule has 0 amide bonds. The van der Waals surface area contributed by atoms with Crippen LogP contribution in [-0.4, -0.2) is 30.9 Å². The zero-order valence-electron chi connectivity index (χ0n) is 14.6. The molecule has 0 aromatic carbocycles. The normalized spacial score (nSPS) is 13.8. The molecule has 6 nitrogen and oxygen atoms in total. The lowest BCUT2D eigenvalue weighted by Crippen LogP contribution is -2.17. The highest BCUT2D eigenvalue weighted by molar-refractivity contribution is 5.61. The molecule has 0 bridgehead atoms. The van der Waals surface area contributed by atoms with Gasteiger partial charge in [0, 0.05) is 75.4 Å². The summed E-state index contributed by atoms with van der Waals surface area (Å²) in [6, 6.07) is 4.00. The molecule has 4 rings (SSSR count). The van der Waals surface area contributed by atoms with Crippen LogP contribution in [0.3, 0.4) is 0 Å². The van der Waals surface area contributed by atoms with E-state index in [9.17, 15) is 0 Å². The van der Waals surface area contributed by atoms with Gasteiger partial charge >= 0.3 is 0 Å². The van der Waals surface area contributed by atoms with E-state index in [2.05, 4.69) is 32.4 Å². The second kappa shape index (κ2) is 7.19. The molecule has 25 heavy (non-hydrogen) atoms. The first-order valence-corrected chi connectivity index (χ1v) is 8.98. The summed E-state index contributed by atoms with van der Waals surface area (Å²) in [5.41, 5.74) is 4.53. The molecule has 130 valence electrons. The van der Waals surface area contributed by atoms with E-state index in [0.717, 1.165) is 43.7 Å². The predicted molar refractivity (Wildman–Crippen MR) is 97.0 cm³/mol. The zero-order chi connectivity index (χ0) is 17.1. The van der Waals surface area contributed by atoms with Crippen molar-refractivity contribution in [2.24, 2.45) is 7.05 Å². The molecule has 0 unspecified atom stereocenters. The molecular weight excluding hydrogens is 312 g/mol. The predicted octanol–water partition coefficient (Wildman–Crippen LogP) is 2.35. The molecule has 6 heteroatoms. The van der Waals surface area contributed by atoms with Gasteiger partial charge in [-0.05, 0) is 25.0 Å². The van der Waals surface area contributed by atoms with Crippen LogP contribution in [0.4, 0.5) is 0 Å². The van der Waals surface area contributed by atoms with Gasteiger partial charge in [-0.1, -0.05) is 0 Å². The fraction of sp³-hybridized carbons (Fsp3) is 0.421. The maximum atomic E-state index is 4.76. The maximum absolute atomic E-state index is 4.76. The molecule has 1 aliphatic rings. The van der Waals surface area contributed by atoms with Crippen molar-refractivity contribution in [1.29, 1.82) is 0 Å². The largest absolute Gasteiger partial charge is 0.335 e. The third-order valence-corrected chi connectivity index (χ3v) is 4.69. The number of fused-ring (bicyclic) bond motifs is 1. The van der Waals surface area contributed by atoms with Crippen LogP contribution >= 0.6 is 0 Å². The van der Waals surface area contributed by atoms with Gasteiger partial charge in [0.05, 0.1) is 11.4 Å². The fourth-order valence-corrected chi connectivity index (χ4v) is 3.45. The van der Waals surface area contributed by atoms with Crippen LogP contribution in [-0.2, 0) is 33.0 Å². The van der Waals surface area contributed by atoms with Gasteiger partial charge in [-0.2, -0.15) is 5.10 Å². The van der Waals surface area contributed by atoms with Gasteiger partial charge in [0.2, 0.25) is 0 Å². The average Bonchev–Trinajstić information content (AvgIpc) is 3.22. The molecule has 0 atom stereocenters. The van der Waals surface area contributed by atoms with Gasteiger partial charge < -0.3 is 9.88 Å². The van der Waals surface area contributed by atoms with E-state index >= 15 is 0 Å². The Kier molecular flexibility index (Phi) is 4.61. The van der Waals surface area contributed by atoms with E-state index in [0.29, 0.717) is 0 Å². The number of aromatic nitrogens is 5. The molecule has 0 spiro atoms. The Balaban J connectivity index is 1.35. The van der Waals surface area contributed by atoms with Gasteiger partial charge in [0.1, 0.15) is 5.82 Å². The lowest BCUT2D eigenvalue weighted by Gasteiger charge is -2.11. The summed E-state index contributed by atoms with van der Waals surface area (Å²) in [6.45, 7) is 2.85. The fourth-order valence-electron chi connectivity index (χ4n) is 3.45. The second-order valence-electron chi connectivity index (χ2n) is 6.64. The SMILES string of the molecule is Cn1cc(CNCCc2cn3c(n2)CCCC3)c(-c2ccncc2)n1. The highest BCUT2D eigenvalue weighted by Gasteiger charge is 2.12. The van der Waals surface area contributed by atoms with Crippen molar-refractivity contribution in [2.75, 3.05) is 6.54 Å². The molecule has 0 aliphatic carbocycles. The summed E-state index contributed by atoms with van der Waals surface area (Å²) < 4.78 is 4.19. The minimum absolute atomic E-state index is 0.805. The monoisotopic (exact) mass is 336 g/mol. The molecule has 1 aliphatic heterocycles. The van der Waals surface area contributed by atoms with E-state index < -0.39 is 0 Å². The first-order valence-electron chi connectivity index (χ1n) is 8.98. The van der Waals surface area contributed by atoms with Crippen molar-refractivity contribution in [1.82, 2.24) is 29.6 Å². The van der Waals surface area contributed by atoms with Crippen LogP contribution in [0.5, 0.6) is 0 Å². The van der Waals surface area contributed by atoms with Gasteiger partial charge in [-0.25, -0.2) is 4.98 Å². The Bertz CT molecular complexity index is 809. The number of hydrogen-bond acceptors (Lipinski definition) is 4. The molecule has 3 aromatic rings. The minimum atomic E-state index is 0.805. The number of pyridine rings is 1. The summed E-state index contributed by atoms with van der Waals surface area (Å²) in [7, 11) is 1.96. The van der Waals surface area contributed by atoms with Gasteiger partial charge in [0.25, 0.3) is 0 Å². The van der Waals surface area contributed by atoms with E-state index in [1.54, 1.807) is 0 Å². The average molecular weight is 336 g/mol. The number of nitrogens with zero attached hydrogens (tertiary/aromatic N) is 5. The van der Waals surface area contributed by atoms with E-state index in [1.807, 2.05) is 36.3 Å². The maximum Gasteiger partial charge on any atom is 0.108 e.